The molecule has 6 heteroatoms. The average Bonchev–Trinajstić information content (AvgIpc) is 2.84. The molecule has 0 saturated carbocycles. The third-order valence-electron chi connectivity index (χ3n) is 3.08. The van der Waals surface area contributed by atoms with Crippen molar-refractivity contribution in [3.63, 3.8) is 0 Å². The van der Waals surface area contributed by atoms with Gasteiger partial charge in [0.25, 0.3) is 0 Å². The summed E-state index contributed by atoms with van der Waals surface area (Å²) in [5.74, 6) is -1.15. The summed E-state index contributed by atoms with van der Waals surface area (Å²) in [6, 6.07) is 6.56. The molecule has 21 heavy (non-hydrogen) atoms. The van der Waals surface area contributed by atoms with Gasteiger partial charge in [-0.15, -0.1) is 11.3 Å². The highest BCUT2D eigenvalue weighted by molar-refractivity contribution is 7.09. The van der Waals surface area contributed by atoms with Crippen LogP contribution in [-0.2, 0) is 17.8 Å². The molecule has 1 aromatic carbocycles. The largest absolute Gasteiger partial charge is 0.478 e. The third-order valence-corrected chi connectivity index (χ3v) is 3.90. The van der Waals surface area contributed by atoms with Gasteiger partial charge in [0.1, 0.15) is 0 Å². The molecule has 0 radical (unpaired) electrons. The van der Waals surface area contributed by atoms with Crippen LogP contribution in [0.3, 0.4) is 0 Å². The monoisotopic (exact) mass is 304 g/mol. The molecule has 1 amide bonds. The van der Waals surface area contributed by atoms with Gasteiger partial charge in [0.15, 0.2) is 0 Å². The van der Waals surface area contributed by atoms with Crippen molar-refractivity contribution < 1.29 is 14.7 Å². The average molecular weight is 304 g/mol. The minimum Gasteiger partial charge on any atom is -0.478 e. The van der Waals surface area contributed by atoms with Gasteiger partial charge < -0.3 is 10.0 Å². The predicted octanol–water partition coefficient (Wildman–Crippen LogP) is 2.35. The first-order valence-corrected chi connectivity index (χ1v) is 7.31. The summed E-state index contributed by atoms with van der Waals surface area (Å²) >= 11 is 1.54. The predicted molar refractivity (Wildman–Crippen MR) is 80.4 cm³/mol. The smallest absolute Gasteiger partial charge is 0.335 e. The van der Waals surface area contributed by atoms with Crippen molar-refractivity contribution in [2.45, 2.75) is 19.9 Å². The molecule has 0 aliphatic rings. The molecule has 110 valence electrons. The van der Waals surface area contributed by atoms with E-state index in [4.69, 9.17) is 5.11 Å². The van der Waals surface area contributed by atoms with Gasteiger partial charge in [-0.25, -0.2) is 9.78 Å². The number of amides is 1. The number of aryl methyl sites for hydroxylation is 1. The fourth-order valence-electron chi connectivity index (χ4n) is 1.99. The zero-order chi connectivity index (χ0) is 15.4. The number of aromatic nitrogens is 1. The fraction of sp³-hybridized carbons (Fsp3) is 0.267. The summed E-state index contributed by atoms with van der Waals surface area (Å²) in [4.78, 5) is 29.2. The quantitative estimate of drug-likeness (QED) is 0.920. The van der Waals surface area contributed by atoms with Gasteiger partial charge in [-0.1, -0.05) is 18.2 Å². The van der Waals surface area contributed by atoms with Gasteiger partial charge in [-0.2, -0.15) is 0 Å². The van der Waals surface area contributed by atoms with E-state index in [9.17, 15) is 9.59 Å². The second kappa shape index (κ2) is 6.49. The lowest BCUT2D eigenvalue weighted by Gasteiger charge is -2.16. The Kier molecular flexibility index (Phi) is 4.70. The first-order chi connectivity index (χ1) is 9.97. The van der Waals surface area contributed by atoms with Crippen LogP contribution in [0.4, 0.5) is 0 Å². The van der Waals surface area contributed by atoms with Crippen molar-refractivity contribution in [1.82, 2.24) is 9.88 Å². The second-order valence-electron chi connectivity index (χ2n) is 4.75. The van der Waals surface area contributed by atoms with Crippen LogP contribution >= 0.6 is 11.3 Å². The Balaban J connectivity index is 2.05. The van der Waals surface area contributed by atoms with E-state index in [-0.39, 0.29) is 17.9 Å². The van der Waals surface area contributed by atoms with Gasteiger partial charge in [-0.3, -0.25) is 4.79 Å². The standard InChI is InChI=1S/C15H16N2O3S/c1-10-16-12(9-21-10)8-17(2)14(18)7-11-5-3-4-6-13(11)15(19)20/h3-6,9H,7-8H2,1-2H3,(H,19,20). The Bertz CT molecular complexity index is 666. The first kappa shape index (κ1) is 15.2. The minimum atomic E-state index is -1.02. The highest BCUT2D eigenvalue weighted by Gasteiger charge is 2.16. The molecule has 2 rings (SSSR count). The number of hydrogen-bond donors (Lipinski definition) is 1. The molecular formula is C15H16N2O3S. The Morgan fingerprint density at radius 2 is 2.05 bits per heavy atom. The number of carboxylic acid groups (broad SMARTS) is 1. The van der Waals surface area contributed by atoms with E-state index in [2.05, 4.69) is 4.98 Å². The van der Waals surface area contributed by atoms with Crippen LogP contribution in [-0.4, -0.2) is 33.9 Å². The molecule has 0 aliphatic carbocycles. The molecule has 1 heterocycles. The summed E-state index contributed by atoms with van der Waals surface area (Å²) in [6.07, 6.45) is 0.0715. The number of carboxylic acids is 1. The maximum Gasteiger partial charge on any atom is 0.335 e. The lowest BCUT2D eigenvalue weighted by molar-refractivity contribution is -0.129. The van der Waals surface area contributed by atoms with Crippen LogP contribution in [0.1, 0.15) is 26.6 Å². The van der Waals surface area contributed by atoms with Crippen LogP contribution in [0.2, 0.25) is 0 Å². The number of likely N-dealkylation sites (N-methyl/N-ethyl adjacent to an activating group) is 1. The van der Waals surface area contributed by atoms with Crippen molar-refractivity contribution in [1.29, 1.82) is 0 Å². The number of aromatic carboxylic acids is 1. The molecule has 0 saturated heterocycles. The molecule has 0 unspecified atom stereocenters. The molecule has 0 atom stereocenters. The zero-order valence-electron chi connectivity index (χ0n) is 11.9. The Hall–Kier alpha value is -2.21. The summed E-state index contributed by atoms with van der Waals surface area (Å²) in [5.41, 5.74) is 1.54. The lowest BCUT2D eigenvalue weighted by atomic mass is 10.0. The Labute approximate surface area is 126 Å². The van der Waals surface area contributed by atoms with E-state index in [1.807, 2.05) is 12.3 Å². The molecule has 0 bridgehead atoms. The number of rotatable bonds is 5. The zero-order valence-corrected chi connectivity index (χ0v) is 12.7. The molecule has 1 aromatic heterocycles. The fourth-order valence-corrected chi connectivity index (χ4v) is 2.60. The van der Waals surface area contributed by atoms with E-state index in [1.54, 1.807) is 41.5 Å². The highest BCUT2D eigenvalue weighted by Crippen LogP contribution is 2.13. The van der Waals surface area contributed by atoms with Gasteiger partial charge >= 0.3 is 5.97 Å². The van der Waals surface area contributed by atoms with Crippen LogP contribution in [0.15, 0.2) is 29.6 Å². The van der Waals surface area contributed by atoms with E-state index >= 15 is 0 Å². The molecular weight excluding hydrogens is 288 g/mol. The second-order valence-corrected chi connectivity index (χ2v) is 5.81. The van der Waals surface area contributed by atoms with Crippen LogP contribution < -0.4 is 0 Å². The Morgan fingerprint density at radius 1 is 1.33 bits per heavy atom. The minimum absolute atomic E-state index is 0.0715. The van der Waals surface area contributed by atoms with Crippen LogP contribution in [0.25, 0.3) is 0 Å². The molecule has 0 fully saturated rings. The third kappa shape index (κ3) is 3.88. The number of nitrogens with zero attached hydrogens (tertiary/aromatic N) is 2. The van der Waals surface area contributed by atoms with E-state index in [0.717, 1.165) is 10.7 Å². The molecule has 2 aromatic rings. The van der Waals surface area contributed by atoms with E-state index in [0.29, 0.717) is 12.1 Å². The normalized spacial score (nSPS) is 10.4. The Morgan fingerprint density at radius 3 is 2.67 bits per heavy atom. The van der Waals surface area contributed by atoms with Crippen LogP contribution in [0, 0.1) is 6.92 Å². The topological polar surface area (TPSA) is 70.5 Å². The molecule has 0 aliphatic heterocycles. The van der Waals surface area contributed by atoms with Gasteiger partial charge in [-0.05, 0) is 18.6 Å². The van der Waals surface area contributed by atoms with Crippen molar-refractivity contribution >= 4 is 23.2 Å². The summed E-state index contributed by atoms with van der Waals surface area (Å²) < 4.78 is 0. The maximum atomic E-state index is 12.2. The first-order valence-electron chi connectivity index (χ1n) is 6.43. The summed E-state index contributed by atoms with van der Waals surface area (Å²) in [7, 11) is 1.69. The molecule has 5 nitrogen and oxygen atoms in total. The maximum absolute atomic E-state index is 12.2. The lowest BCUT2D eigenvalue weighted by Crippen LogP contribution is -2.28. The highest BCUT2D eigenvalue weighted by atomic mass is 32.1. The molecule has 1 N–H and O–H groups in total. The van der Waals surface area contributed by atoms with Gasteiger partial charge in [0, 0.05) is 12.4 Å². The number of carbonyl (C=O) groups is 2. The van der Waals surface area contributed by atoms with Crippen molar-refractivity contribution in [2.24, 2.45) is 0 Å². The number of carbonyl (C=O) groups excluding carboxylic acids is 1. The van der Waals surface area contributed by atoms with Crippen molar-refractivity contribution in [2.75, 3.05) is 7.05 Å². The van der Waals surface area contributed by atoms with Gasteiger partial charge in [0.2, 0.25) is 5.91 Å². The van der Waals surface area contributed by atoms with E-state index < -0.39 is 5.97 Å². The van der Waals surface area contributed by atoms with Crippen LogP contribution in [0.5, 0.6) is 0 Å². The van der Waals surface area contributed by atoms with E-state index in [1.165, 1.54) is 6.07 Å². The SMILES string of the molecule is Cc1nc(CN(C)C(=O)Cc2ccccc2C(=O)O)cs1. The van der Waals surface area contributed by atoms with Crippen molar-refractivity contribution in [3.05, 3.63) is 51.5 Å². The number of benzene rings is 1. The van der Waals surface area contributed by atoms with Crippen molar-refractivity contribution in [3.8, 4) is 0 Å². The number of thiazole rings is 1. The summed E-state index contributed by atoms with van der Waals surface area (Å²) in [6.45, 7) is 2.34. The number of hydrogen-bond acceptors (Lipinski definition) is 4. The molecule has 0 spiro atoms. The van der Waals surface area contributed by atoms with Gasteiger partial charge in [0.05, 0.1) is 29.2 Å². The summed E-state index contributed by atoms with van der Waals surface area (Å²) in [5, 5.41) is 12.0.